The summed E-state index contributed by atoms with van der Waals surface area (Å²) in [7, 11) is 0. The molecule has 0 bridgehead atoms. The Morgan fingerprint density at radius 2 is 0.741 bits per heavy atom. The highest BCUT2D eigenvalue weighted by Gasteiger charge is 2.39. The number of nitrogens with zero attached hydrogens (tertiary/aromatic N) is 1. The second-order valence-electron chi connectivity index (χ2n) is 3.43. The molecule has 0 saturated carbocycles. The highest BCUT2D eigenvalue weighted by atomic mass is 19.4. The normalized spacial score (nSPS) is 10.6. The Morgan fingerprint density at radius 1 is 0.556 bits per heavy atom. The third-order valence-corrected chi connectivity index (χ3v) is 1.29. The van der Waals surface area contributed by atoms with E-state index in [4.69, 9.17) is 29.7 Å². The summed E-state index contributed by atoms with van der Waals surface area (Å²) in [6, 6.07) is 5.72. The molecule has 0 atom stereocenters. The van der Waals surface area contributed by atoms with Crippen molar-refractivity contribution in [2.24, 2.45) is 0 Å². The topological polar surface area (TPSA) is 125 Å². The van der Waals surface area contributed by atoms with Crippen LogP contribution < -0.4 is 0 Å². The zero-order valence-corrected chi connectivity index (χ0v) is 12.3. The van der Waals surface area contributed by atoms with Crippen molar-refractivity contribution in [1.82, 2.24) is 4.98 Å². The first-order valence-corrected chi connectivity index (χ1v) is 5.58. The number of aromatic nitrogens is 1. The number of hydrogen-bond acceptors (Lipinski definition) is 4. The Morgan fingerprint density at radius 3 is 0.778 bits per heavy atom. The van der Waals surface area contributed by atoms with Crippen LogP contribution in [0, 0.1) is 0 Å². The van der Waals surface area contributed by atoms with E-state index in [0.717, 1.165) is 0 Å². The van der Waals surface area contributed by atoms with Gasteiger partial charge in [-0.1, -0.05) is 6.07 Å². The zero-order valence-electron chi connectivity index (χ0n) is 12.3. The predicted octanol–water partition coefficient (Wildman–Crippen LogP) is 2.98. The molecule has 0 spiro atoms. The van der Waals surface area contributed by atoms with Gasteiger partial charge in [-0.05, 0) is 12.1 Å². The van der Waals surface area contributed by atoms with Crippen LogP contribution in [0.15, 0.2) is 30.6 Å². The highest BCUT2D eigenvalue weighted by molar-refractivity contribution is 5.73. The monoisotopic (exact) mass is 421 g/mol. The van der Waals surface area contributed by atoms with Crippen LogP contribution in [0.4, 0.5) is 39.5 Å². The molecule has 3 N–H and O–H groups in total. The van der Waals surface area contributed by atoms with Crippen molar-refractivity contribution in [3.63, 3.8) is 0 Å². The minimum atomic E-state index is -5.08. The van der Waals surface area contributed by atoms with E-state index >= 15 is 0 Å². The summed E-state index contributed by atoms with van der Waals surface area (Å²) in [6.07, 6.45) is -11.8. The molecule has 156 valence electrons. The lowest BCUT2D eigenvalue weighted by Gasteiger charge is -1.93. The minimum absolute atomic E-state index is 1.75. The van der Waals surface area contributed by atoms with Gasteiger partial charge in [0.15, 0.2) is 0 Å². The smallest absolute Gasteiger partial charge is 0.475 e. The summed E-state index contributed by atoms with van der Waals surface area (Å²) in [5, 5.41) is 21.4. The molecule has 0 saturated heterocycles. The molecule has 0 aliphatic heterocycles. The highest BCUT2D eigenvalue weighted by Crippen LogP contribution is 2.14. The summed E-state index contributed by atoms with van der Waals surface area (Å²) in [6.45, 7) is 0. The standard InChI is InChI=1S/C5H5N.3C2HF3O2/c1-2-4-6-5-3-1;3*3-2(4,5)1(6)7/h1-5H;3*(H,6,7). The fraction of sp³-hybridized carbons (Fsp3) is 0.273. The number of pyridine rings is 1. The van der Waals surface area contributed by atoms with Gasteiger partial charge in [0.05, 0.1) is 0 Å². The van der Waals surface area contributed by atoms with Crippen molar-refractivity contribution in [3.8, 4) is 0 Å². The molecule has 16 heteroatoms. The SMILES string of the molecule is O=C(O)C(F)(F)F.O=C(O)C(F)(F)F.O=C(O)C(F)(F)F.c1ccncc1. The first kappa shape index (κ1) is 28.7. The number of hydrogen-bond donors (Lipinski definition) is 3. The van der Waals surface area contributed by atoms with Gasteiger partial charge in [0, 0.05) is 12.4 Å². The molecule has 1 heterocycles. The van der Waals surface area contributed by atoms with Gasteiger partial charge in [-0.2, -0.15) is 39.5 Å². The van der Waals surface area contributed by atoms with E-state index < -0.39 is 36.4 Å². The van der Waals surface area contributed by atoms with Gasteiger partial charge in [0.25, 0.3) is 0 Å². The van der Waals surface area contributed by atoms with E-state index in [9.17, 15) is 39.5 Å². The maximum Gasteiger partial charge on any atom is 0.490 e. The summed E-state index contributed by atoms with van der Waals surface area (Å²) in [4.78, 5) is 30.5. The van der Waals surface area contributed by atoms with Crippen LogP contribution in [-0.4, -0.2) is 56.7 Å². The van der Waals surface area contributed by atoms with Crippen LogP contribution in [0.5, 0.6) is 0 Å². The third-order valence-electron chi connectivity index (χ3n) is 1.29. The van der Waals surface area contributed by atoms with E-state index in [1.165, 1.54) is 0 Å². The molecule has 1 aromatic heterocycles. The largest absolute Gasteiger partial charge is 0.490 e. The molecule has 0 aliphatic carbocycles. The van der Waals surface area contributed by atoms with Crippen LogP contribution in [-0.2, 0) is 14.4 Å². The molecule has 0 fully saturated rings. The molecule has 0 aliphatic rings. The van der Waals surface area contributed by atoms with Crippen LogP contribution in [0.3, 0.4) is 0 Å². The Bertz CT molecular complexity index is 485. The van der Waals surface area contributed by atoms with Crippen molar-refractivity contribution in [2.45, 2.75) is 18.5 Å². The van der Waals surface area contributed by atoms with Gasteiger partial charge in [-0.15, -0.1) is 0 Å². The molecule has 0 unspecified atom stereocenters. The first-order valence-electron chi connectivity index (χ1n) is 5.58. The number of aliphatic carboxylic acids is 3. The van der Waals surface area contributed by atoms with Gasteiger partial charge in [0.2, 0.25) is 0 Å². The molecule has 0 radical (unpaired) electrons. The second kappa shape index (κ2) is 12.3. The van der Waals surface area contributed by atoms with Crippen molar-refractivity contribution in [2.75, 3.05) is 0 Å². The summed E-state index contributed by atoms with van der Waals surface area (Å²) >= 11 is 0. The van der Waals surface area contributed by atoms with Crippen molar-refractivity contribution in [1.29, 1.82) is 0 Å². The molecule has 0 aromatic carbocycles. The van der Waals surface area contributed by atoms with Gasteiger partial charge in [-0.3, -0.25) is 4.98 Å². The van der Waals surface area contributed by atoms with Gasteiger partial charge in [-0.25, -0.2) is 14.4 Å². The van der Waals surface area contributed by atoms with E-state index in [1.807, 2.05) is 18.2 Å². The fourth-order valence-corrected chi connectivity index (χ4v) is 0.313. The zero-order chi connectivity index (χ0) is 22.5. The third kappa shape index (κ3) is 22.9. The van der Waals surface area contributed by atoms with Crippen LogP contribution >= 0.6 is 0 Å². The Hall–Kier alpha value is -3.07. The first-order chi connectivity index (χ1) is 11.8. The number of alkyl halides is 9. The molecule has 27 heavy (non-hydrogen) atoms. The summed E-state index contributed by atoms with van der Waals surface area (Å²) < 4.78 is 95.2. The van der Waals surface area contributed by atoms with Crippen LogP contribution in [0.2, 0.25) is 0 Å². The van der Waals surface area contributed by atoms with Crippen LogP contribution in [0.25, 0.3) is 0 Å². The lowest BCUT2D eigenvalue weighted by Crippen LogP contribution is -2.21. The van der Waals surface area contributed by atoms with Crippen molar-refractivity contribution < 1.29 is 69.2 Å². The van der Waals surface area contributed by atoms with E-state index in [0.29, 0.717) is 0 Å². The number of halogens is 9. The number of rotatable bonds is 0. The minimum Gasteiger partial charge on any atom is -0.475 e. The lowest BCUT2D eigenvalue weighted by molar-refractivity contribution is -0.193. The summed E-state index contributed by atoms with van der Waals surface area (Å²) in [5.74, 6) is -8.27. The number of carboxylic acid groups (broad SMARTS) is 3. The average molecular weight is 421 g/mol. The molecular formula is C11H8F9NO6. The number of carbonyl (C=O) groups is 3. The predicted molar refractivity (Wildman–Crippen MR) is 65.3 cm³/mol. The second-order valence-corrected chi connectivity index (χ2v) is 3.43. The maximum atomic E-state index is 10.6. The Balaban J connectivity index is -0.000000285. The number of carboxylic acids is 3. The Labute approximate surface area is 142 Å². The van der Waals surface area contributed by atoms with Gasteiger partial charge in [0.1, 0.15) is 0 Å². The van der Waals surface area contributed by atoms with Gasteiger partial charge < -0.3 is 15.3 Å². The molecular weight excluding hydrogens is 413 g/mol. The fourth-order valence-electron chi connectivity index (χ4n) is 0.313. The average Bonchev–Trinajstić information content (AvgIpc) is 2.48. The maximum absolute atomic E-state index is 10.6. The molecule has 7 nitrogen and oxygen atoms in total. The molecule has 0 amide bonds. The Kier molecular flexibility index (Phi) is 13.1. The van der Waals surface area contributed by atoms with Crippen LogP contribution in [0.1, 0.15) is 0 Å². The van der Waals surface area contributed by atoms with Crippen molar-refractivity contribution >= 4 is 17.9 Å². The summed E-state index contributed by atoms with van der Waals surface area (Å²) in [5.41, 5.74) is 0. The van der Waals surface area contributed by atoms with Gasteiger partial charge >= 0.3 is 36.4 Å². The lowest BCUT2D eigenvalue weighted by atomic mass is 10.5. The van der Waals surface area contributed by atoms with Crippen molar-refractivity contribution in [3.05, 3.63) is 30.6 Å². The van der Waals surface area contributed by atoms with E-state index in [1.54, 1.807) is 12.4 Å². The van der Waals surface area contributed by atoms with E-state index in [-0.39, 0.29) is 0 Å². The van der Waals surface area contributed by atoms with E-state index in [2.05, 4.69) is 4.98 Å². The quantitative estimate of drug-likeness (QED) is 0.550. The molecule has 1 aromatic rings. The molecule has 1 rings (SSSR count).